The zero-order valence-corrected chi connectivity index (χ0v) is 12.9. The van der Waals surface area contributed by atoms with Crippen molar-refractivity contribution in [2.75, 3.05) is 13.1 Å². The van der Waals surface area contributed by atoms with E-state index in [1.165, 1.54) is 5.56 Å². The molecule has 0 amide bonds. The first kappa shape index (κ1) is 13.6. The van der Waals surface area contributed by atoms with Gasteiger partial charge in [0, 0.05) is 23.0 Å². The Balaban J connectivity index is 2.11. The van der Waals surface area contributed by atoms with E-state index in [-0.39, 0.29) is 0 Å². The lowest BCUT2D eigenvalue weighted by atomic mass is 10.2. The zero-order chi connectivity index (χ0) is 13.0. The molecule has 0 radical (unpaired) electrons. The van der Waals surface area contributed by atoms with Crippen LogP contribution in [0.15, 0.2) is 22.7 Å². The Morgan fingerprint density at radius 1 is 1.33 bits per heavy atom. The molecule has 0 saturated carbocycles. The number of benzene rings is 1. The third-order valence-electron chi connectivity index (χ3n) is 2.65. The zero-order valence-electron chi connectivity index (χ0n) is 10.5. The van der Waals surface area contributed by atoms with Crippen LogP contribution >= 0.6 is 27.3 Å². The standard InChI is InChI=1S/C13H16BrN3S/c1-3-15-7-6-12-16-17-13(18-12)10-5-4-9(2)11(14)8-10/h4-5,8,15H,3,6-7H2,1-2H3. The first-order valence-corrected chi connectivity index (χ1v) is 7.61. The summed E-state index contributed by atoms with van der Waals surface area (Å²) in [5.41, 5.74) is 2.36. The van der Waals surface area contributed by atoms with Gasteiger partial charge in [0.05, 0.1) is 0 Å². The smallest absolute Gasteiger partial charge is 0.147 e. The molecule has 0 fully saturated rings. The predicted molar refractivity (Wildman–Crippen MR) is 80.0 cm³/mol. The summed E-state index contributed by atoms with van der Waals surface area (Å²) in [4.78, 5) is 0. The van der Waals surface area contributed by atoms with Gasteiger partial charge in [-0.3, -0.25) is 0 Å². The molecule has 0 aliphatic carbocycles. The minimum atomic E-state index is 0.943. The second kappa shape index (κ2) is 6.41. The van der Waals surface area contributed by atoms with Crippen LogP contribution in [-0.2, 0) is 6.42 Å². The van der Waals surface area contributed by atoms with Crippen molar-refractivity contribution in [2.45, 2.75) is 20.3 Å². The molecule has 0 atom stereocenters. The minimum absolute atomic E-state index is 0.943. The van der Waals surface area contributed by atoms with Crippen molar-refractivity contribution in [3.63, 3.8) is 0 Å². The maximum Gasteiger partial charge on any atom is 0.147 e. The highest BCUT2D eigenvalue weighted by Gasteiger charge is 2.07. The van der Waals surface area contributed by atoms with Crippen molar-refractivity contribution in [1.82, 2.24) is 15.5 Å². The van der Waals surface area contributed by atoms with Crippen molar-refractivity contribution in [2.24, 2.45) is 0 Å². The van der Waals surface area contributed by atoms with Gasteiger partial charge < -0.3 is 5.32 Å². The van der Waals surface area contributed by atoms with Crippen molar-refractivity contribution in [1.29, 1.82) is 0 Å². The molecule has 1 heterocycles. The number of hydrogen-bond acceptors (Lipinski definition) is 4. The maximum absolute atomic E-state index is 4.26. The number of aromatic nitrogens is 2. The molecule has 1 aromatic carbocycles. The van der Waals surface area contributed by atoms with E-state index < -0.39 is 0 Å². The van der Waals surface area contributed by atoms with E-state index in [4.69, 9.17) is 0 Å². The molecule has 5 heteroatoms. The summed E-state index contributed by atoms with van der Waals surface area (Å²) < 4.78 is 1.12. The normalized spacial score (nSPS) is 10.8. The summed E-state index contributed by atoms with van der Waals surface area (Å²) in [6, 6.07) is 6.29. The summed E-state index contributed by atoms with van der Waals surface area (Å²) in [7, 11) is 0. The predicted octanol–water partition coefficient (Wildman–Crippen LogP) is 3.43. The molecule has 0 aliphatic heterocycles. The van der Waals surface area contributed by atoms with E-state index in [0.717, 1.165) is 39.6 Å². The average Bonchev–Trinajstić information content (AvgIpc) is 2.82. The molecular weight excluding hydrogens is 310 g/mol. The number of hydrogen-bond donors (Lipinski definition) is 1. The Kier molecular flexibility index (Phi) is 4.86. The van der Waals surface area contributed by atoms with Gasteiger partial charge in [-0.05, 0) is 25.1 Å². The van der Waals surface area contributed by atoms with E-state index in [1.807, 2.05) is 0 Å². The number of rotatable bonds is 5. The molecule has 2 rings (SSSR count). The molecule has 3 nitrogen and oxygen atoms in total. The van der Waals surface area contributed by atoms with Crippen molar-refractivity contribution >= 4 is 27.3 Å². The Bertz CT molecular complexity index is 525. The van der Waals surface area contributed by atoms with Crippen molar-refractivity contribution in [3.8, 4) is 10.6 Å². The number of aryl methyl sites for hydroxylation is 1. The lowest BCUT2D eigenvalue weighted by molar-refractivity contribution is 0.710. The highest BCUT2D eigenvalue weighted by Crippen LogP contribution is 2.27. The van der Waals surface area contributed by atoms with E-state index in [1.54, 1.807) is 11.3 Å². The SMILES string of the molecule is CCNCCc1nnc(-c2ccc(C)c(Br)c2)s1. The monoisotopic (exact) mass is 325 g/mol. The number of nitrogens with zero attached hydrogens (tertiary/aromatic N) is 2. The van der Waals surface area contributed by atoms with Crippen LogP contribution in [0.2, 0.25) is 0 Å². The number of likely N-dealkylation sites (N-methyl/N-ethyl adjacent to an activating group) is 1. The summed E-state index contributed by atoms with van der Waals surface area (Å²) in [5, 5.41) is 13.9. The average molecular weight is 326 g/mol. The summed E-state index contributed by atoms with van der Waals surface area (Å²) >= 11 is 5.22. The summed E-state index contributed by atoms with van der Waals surface area (Å²) in [6.45, 7) is 6.14. The Hall–Kier alpha value is -0.780. The highest BCUT2D eigenvalue weighted by atomic mass is 79.9. The maximum atomic E-state index is 4.26. The molecule has 1 aromatic heterocycles. The van der Waals surface area contributed by atoms with E-state index in [0.29, 0.717) is 0 Å². The van der Waals surface area contributed by atoms with E-state index >= 15 is 0 Å². The molecule has 1 N–H and O–H groups in total. The second-order valence-corrected chi connectivity index (χ2v) is 5.98. The van der Waals surface area contributed by atoms with Gasteiger partial charge in [0.2, 0.25) is 0 Å². The molecule has 0 spiro atoms. The lowest BCUT2D eigenvalue weighted by Gasteiger charge is -2.00. The van der Waals surface area contributed by atoms with E-state index in [9.17, 15) is 0 Å². The summed E-state index contributed by atoms with van der Waals surface area (Å²) in [5.74, 6) is 0. The topological polar surface area (TPSA) is 37.8 Å². The number of halogens is 1. The summed E-state index contributed by atoms with van der Waals surface area (Å²) in [6.07, 6.45) is 0.943. The Morgan fingerprint density at radius 3 is 2.89 bits per heavy atom. The van der Waals surface area contributed by atoms with Crippen LogP contribution in [0.5, 0.6) is 0 Å². The molecule has 0 aliphatic rings. The third kappa shape index (κ3) is 3.37. The number of nitrogens with one attached hydrogen (secondary N) is 1. The van der Waals surface area contributed by atoms with Gasteiger partial charge in [-0.1, -0.05) is 46.3 Å². The Morgan fingerprint density at radius 2 is 2.17 bits per heavy atom. The first-order valence-electron chi connectivity index (χ1n) is 6.00. The highest BCUT2D eigenvalue weighted by molar-refractivity contribution is 9.10. The second-order valence-electron chi connectivity index (χ2n) is 4.07. The fourth-order valence-corrected chi connectivity index (χ4v) is 2.78. The van der Waals surface area contributed by atoms with Crippen molar-refractivity contribution in [3.05, 3.63) is 33.2 Å². The van der Waals surface area contributed by atoms with Crippen LogP contribution in [0.4, 0.5) is 0 Å². The van der Waals surface area contributed by atoms with Crippen LogP contribution in [-0.4, -0.2) is 23.3 Å². The minimum Gasteiger partial charge on any atom is -0.317 e. The molecule has 2 aromatic rings. The van der Waals surface area contributed by atoms with Crippen LogP contribution in [0.1, 0.15) is 17.5 Å². The molecule has 0 bridgehead atoms. The van der Waals surface area contributed by atoms with Crippen molar-refractivity contribution < 1.29 is 0 Å². The fraction of sp³-hybridized carbons (Fsp3) is 0.385. The van der Waals surface area contributed by atoms with Crippen LogP contribution < -0.4 is 5.32 Å². The molecule has 96 valence electrons. The lowest BCUT2D eigenvalue weighted by Crippen LogP contribution is -2.15. The van der Waals surface area contributed by atoms with Gasteiger partial charge in [-0.15, -0.1) is 10.2 Å². The van der Waals surface area contributed by atoms with Crippen LogP contribution in [0.3, 0.4) is 0 Å². The van der Waals surface area contributed by atoms with Gasteiger partial charge in [0.15, 0.2) is 0 Å². The van der Waals surface area contributed by atoms with Gasteiger partial charge in [-0.2, -0.15) is 0 Å². The largest absolute Gasteiger partial charge is 0.317 e. The quantitative estimate of drug-likeness (QED) is 0.856. The molecular formula is C13H16BrN3S. The molecule has 0 unspecified atom stereocenters. The Labute approximate surface area is 120 Å². The third-order valence-corrected chi connectivity index (χ3v) is 4.54. The van der Waals surface area contributed by atoms with Gasteiger partial charge >= 0.3 is 0 Å². The fourth-order valence-electron chi connectivity index (χ4n) is 1.57. The van der Waals surface area contributed by atoms with Gasteiger partial charge in [0.25, 0.3) is 0 Å². The van der Waals surface area contributed by atoms with Gasteiger partial charge in [0.1, 0.15) is 10.0 Å². The van der Waals surface area contributed by atoms with Gasteiger partial charge in [-0.25, -0.2) is 0 Å². The van der Waals surface area contributed by atoms with E-state index in [2.05, 4.69) is 63.5 Å². The van der Waals surface area contributed by atoms with Crippen LogP contribution in [0, 0.1) is 6.92 Å². The molecule has 0 saturated heterocycles. The first-order chi connectivity index (χ1) is 8.70. The van der Waals surface area contributed by atoms with Crippen LogP contribution in [0.25, 0.3) is 10.6 Å². The molecule has 18 heavy (non-hydrogen) atoms.